The molecule has 16 heteroatoms. The molecule has 1 N–H and O–H groups in total. The number of rotatable bonds is 7. The summed E-state index contributed by atoms with van der Waals surface area (Å²) in [5.74, 6) is -23.0. The van der Waals surface area contributed by atoms with E-state index in [9.17, 15) is 42.3 Å². The number of alkyl halides is 2. The smallest absolute Gasteiger partial charge is 0.258 e. The molecule has 2 saturated heterocycles. The van der Waals surface area contributed by atoms with E-state index in [4.69, 9.17) is 27.9 Å². The van der Waals surface area contributed by atoms with Crippen molar-refractivity contribution in [3.8, 4) is 11.5 Å². The number of benzene rings is 4. The average molecular weight is 826 g/mol. The number of hydrogen-bond acceptors (Lipinski definition) is 7. The number of anilines is 2. The topological polar surface area (TPSA) is 121 Å². The van der Waals surface area contributed by atoms with Crippen molar-refractivity contribution in [1.29, 1.82) is 0 Å². The first kappa shape index (κ1) is 38.3. The molecule has 3 fully saturated rings. The molecule has 2 aliphatic heterocycles. The highest BCUT2D eigenvalue weighted by atomic mass is 35.5. The molecule has 2 aliphatic carbocycles. The van der Waals surface area contributed by atoms with Gasteiger partial charge in [-0.05, 0) is 61.6 Å². The summed E-state index contributed by atoms with van der Waals surface area (Å²) in [4.78, 5) is 64.2. The second-order valence-corrected chi connectivity index (χ2v) is 15.5. The molecule has 4 aliphatic rings. The number of nitrogens with zero attached hydrogens (tertiary/aromatic N) is 2. The number of aromatic hydroxyl groups is 1. The summed E-state index contributed by atoms with van der Waals surface area (Å²) in [6.07, 6.45) is 0.695. The van der Waals surface area contributed by atoms with Crippen molar-refractivity contribution >= 4 is 64.0 Å². The molecule has 2 heterocycles. The van der Waals surface area contributed by atoms with Gasteiger partial charge in [-0.1, -0.05) is 48.0 Å². The van der Waals surface area contributed by atoms with Gasteiger partial charge in [-0.3, -0.25) is 28.9 Å². The number of hydrogen-bond donors (Lipinski definition) is 1. The van der Waals surface area contributed by atoms with Crippen molar-refractivity contribution in [2.24, 2.45) is 17.8 Å². The van der Waals surface area contributed by atoms with Crippen LogP contribution in [0.5, 0.6) is 11.5 Å². The van der Waals surface area contributed by atoms with Gasteiger partial charge in [-0.15, -0.1) is 23.2 Å². The molecule has 1 saturated carbocycles. The van der Waals surface area contributed by atoms with Gasteiger partial charge >= 0.3 is 0 Å². The zero-order valence-electron chi connectivity index (χ0n) is 29.4. The number of ether oxygens (including phenoxy) is 1. The third kappa shape index (κ3) is 5.43. The normalized spacial score (nSPS) is 26.6. The standard InChI is InChI=1S/C41H27Cl2F5N2O7/c1-18(51)20-7-9-21(10-8-20)49-36(53)25-14-13-23-26(28(25)37(49)54)16-40(42)38(55)50(35-33(47)31(45)30(44)32(46)34(35)48)39(56)41(40,43)29(23)24-12-11-22(15-27(24)52)57-17-19-5-3-2-4-6-19/h2-13,15,25-26,28-29,52H,14,16-17H2,1H3. The van der Waals surface area contributed by atoms with Gasteiger partial charge in [0.15, 0.2) is 38.8 Å². The summed E-state index contributed by atoms with van der Waals surface area (Å²) < 4.78 is 79.8. The quantitative estimate of drug-likeness (QED) is 0.0387. The van der Waals surface area contributed by atoms with Crippen molar-refractivity contribution in [2.75, 3.05) is 9.80 Å². The first-order chi connectivity index (χ1) is 27.0. The molecule has 8 rings (SSSR count). The lowest BCUT2D eigenvalue weighted by Gasteiger charge is -2.50. The molecule has 4 aromatic rings. The Kier molecular flexibility index (Phi) is 9.08. The zero-order chi connectivity index (χ0) is 40.9. The number of phenols is 1. The Morgan fingerprint density at radius 1 is 0.807 bits per heavy atom. The second kappa shape index (κ2) is 13.5. The van der Waals surface area contributed by atoms with Gasteiger partial charge in [-0.2, -0.15) is 0 Å². The maximum absolute atomic E-state index is 15.4. The predicted octanol–water partition coefficient (Wildman–Crippen LogP) is 7.64. The number of imide groups is 2. The lowest BCUT2D eigenvalue weighted by Crippen LogP contribution is -2.60. The van der Waals surface area contributed by atoms with Gasteiger partial charge in [-0.25, -0.2) is 26.9 Å². The summed E-state index contributed by atoms with van der Waals surface area (Å²) in [6.45, 7) is 1.42. The molecule has 4 aromatic carbocycles. The summed E-state index contributed by atoms with van der Waals surface area (Å²) >= 11 is 14.4. The number of carbonyl (C=O) groups is 5. The molecular weight excluding hydrogens is 798 g/mol. The fraction of sp³-hybridized carbons (Fsp3) is 0.244. The lowest BCUT2D eigenvalue weighted by atomic mass is 9.56. The van der Waals surface area contributed by atoms with Crippen molar-refractivity contribution in [1.82, 2.24) is 0 Å². The minimum atomic E-state index is -2.82. The van der Waals surface area contributed by atoms with E-state index in [0.29, 0.717) is 5.56 Å². The van der Waals surface area contributed by atoms with Gasteiger partial charge in [0.25, 0.3) is 11.8 Å². The third-order valence-electron chi connectivity index (χ3n) is 11.3. The second-order valence-electron chi connectivity index (χ2n) is 14.3. The van der Waals surface area contributed by atoms with Gasteiger partial charge < -0.3 is 9.84 Å². The number of Topliss-reactive ketones (excluding diaryl/α,β-unsaturated/α-hetero) is 1. The van der Waals surface area contributed by atoms with Gasteiger partial charge in [0.1, 0.15) is 23.8 Å². The number of phenolic OH excluding ortho intramolecular Hbond substituents is 1. The SMILES string of the molecule is CC(=O)c1ccc(N2C(=O)C3CC=C4C(CC5(Cl)C(=O)N(c6c(F)c(F)c(F)c(F)c6F)C(=O)C5(Cl)C4c4ccc(OCc5ccccc5)cc4O)C3C2=O)cc1. The number of carbonyl (C=O) groups excluding carboxylic acids is 5. The van der Waals surface area contributed by atoms with E-state index in [2.05, 4.69) is 0 Å². The minimum absolute atomic E-state index is 0.0809. The highest BCUT2D eigenvalue weighted by molar-refractivity contribution is 6.58. The molecule has 0 spiro atoms. The van der Waals surface area contributed by atoms with Crippen molar-refractivity contribution in [2.45, 2.75) is 42.0 Å². The van der Waals surface area contributed by atoms with E-state index in [1.54, 1.807) is 24.3 Å². The molecule has 0 radical (unpaired) electrons. The predicted molar refractivity (Wildman–Crippen MR) is 194 cm³/mol. The Balaban J connectivity index is 1.27. The summed E-state index contributed by atoms with van der Waals surface area (Å²) in [5, 5.41) is 11.6. The van der Waals surface area contributed by atoms with Crippen LogP contribution in [0.25, 0.3) is 0 Å². The number of halogens is 7. The van der Waals surface area contributed by atoms with E-state index in [-0.39, 0.29) is 46.3 Å². The van der Waals surface area contributed by atoms with E-state index in [1.807, 2.05) is 6.07 Å². The first-order valence-corrected chi connectivity index (χ1v) is 18.2. The molecule has 0 bridgehead atoms. The van der Waals surface area contributed by atoms with Crippen molar-refractivity contribution in [3.05, 3.63) is 130 Å². The molecule has 6 unspecified atom stereocenters. The molecule has 4 amide bonds. The number of fused-ring (bicyclic) bond motifs is 4. The van der Waals surface area contributed by atoms with E-state index in [1.165, 1.54) is 55.5 Å². The zero-order valence-corrected chi connectivity index (χ0v) is 30.9. The van der Waals surface area contributed by atoms with Crippen LogP contribution in [0.3, 0.4) is 0 Å². The van der Waals surface area contributed by atoms with E-state index < -0.39 is 104 Å². The Bertz CT molecular complexity index is 2460. The lowest BCUT2D eigenvalue weighted by molar-refractivity contribution is -0.125. The Hall–Kier alpha value is -5.60. The maximum atomic E-state index is 15.4. The van der Waals surface area contributed by atoms with Crippen LogP contribution in [-0.2, 0) is 25.8 Å². The maximum Gasteiger partial charge on any atom is 0.258 e. The van der Waals surface area contributed by atoms with Crippen LogP contribution in [0.1, 0.15) is 47.2 Å². The Labute approximate surface area is 330 Å². The molecule has 0 aromatic heterocycles. The van der Waals surface area contributed by atoms with Crippen LogP contribution in [0, 0.1) is 46.8 Å². The van der Waals surface area contributed by atoms with Gasteiger partial charge in [0.05, 0.1) is 17.5 Å². The highest BCUT2D eigenvalue weighted by Gasteiger charge is 2.77. The molecule has 292 valence electrons. The van der Waals surface area contributed by atoms with E-state index in [0.717, 1.165) is 10.5 Å². The largest absolute Gasteiger partial charge is 0.508 e. The minimum Gasteiger partial charge on any atom is -0.508 e. The summed E-state index contributed by atoms with van der Waals surface area (Å²) in [5.41, 5.74) is -0.676. The number of ketones is 1. The summed E-state index contributed by atoms with van der Waals surface area (Å²) in [7, 11) is 0. The van der Waals surface area contributed by atoms with Gasteiger partial charge in [0, 0.05) is 23.1 Å². The fourth-order valence-electron chi connectivity index (χ4n) is 8.61. The van der Waals surface area contributed by atoms with Crippen LogP contribution in [0.2, 0.25) is 0 Å². The number of amides is 4. The van der Waals surface area contributed by atoms with Crippen LogP contribution in [0.4, 0.5) is 33.3 Å². The molecule has 6 atom stereocenters. The number of allylic oxidation sites excluding steroid dienone is 2. The fourth-order valence-corrected chi connectivity index (χ4v) is 9.54. The van der Waals surface area contributed by atoms with Crippen LogP contribution in [0.15, 0.2) is 84.4 Å². The summed E-state index contributed by atoms with van der Waals surface area (Å²) in [6, 6.07) is 18.6. The first-order valence-electron chi connectivity index (χ1n) is 17.5. The Morgan fingerprint density at radius 3 is 2.05 bits per heavy atom. The van der Waals surface area contributed by atoms with Crippen LogP contribution in [-0.4, -0.2) is 44.3 Å². The van der Waals surface area contributed by atoms with Crippen LogP contribution < -0.4 is 14.5 Å². The van der Waals surface area contributed by atoms with Crippen molar-refractivity contribution in [3.63, 3.8) is 0 Å². The van der Waals surface area contributed by atoms with E-state index >= 15 is 8.78 Å². The molecule has 57 heavy (non-hydrogen) atoms. The average Bonchev–Trinajstić information content (AvgIpc) is 3.54. The van der Waals surface area contributed by atoms with Crippen molar-refractivity contribution < 1.29 is 55.8 Å². The highest BCUT2D eigenvalue weighted by Crippen LogP contribution is 2.67. The Morgan fingerprint density at radius 2 is 1.44 bits per heavy atom. The molecule has 9 nitrogen and oxygen atoms in total. The van der Waals surface area contributed by atoms with Crippen LogP contribution >= 0.6 is 23.2 Å². The monoisotopic (exact) mass is 824 g/mol. The van der Waals surface area contributed by atoms with Gasteiger partial charge in [0.2, 0.25) is 17.6 Å². The molecular formula is C41H27Cl2F5N2O7. The third-order valence-corrected chi connectivity index (χ3v) is 12.7.